The first-order valence-electron chi connectivity index (χ1n) is 9.23. The zero-order chi connectivity index (χ0) is 21.0. The molecule has 0 aliphatic carbocycles. The summed E-state index contributed by atoms with van der Waals surface area (Å²) in [6, 6.07) is 10.8. The highest BCUT2D eigenvalue weighted by Crippen LogP contribution is 2.34. The summed E-state index contributed by atoms with van der Waals surface area (Å²) in [6.07, 6.45) is 2.90. The van der Waals surface area contributed by atoms with Crippen molar-refractivity contribution in [2.75, 3.05) is 31.0 Å². The fraction of sp³-hybridized carbons (Fsp3) is 0.350. The van der Waals surface area contributed by atoms with Crippen LogP contribution in [-0.4, -0.2) is 46.0 Å². The van der Waals surface area contributed by atoms with Crippen molar-refractivity contribution in [1.82, 2.24) is 4.90 Å². The minimum Gasteiger partial charge on any atom is -0.495 e. The highest BCUT2D eigenvalue weighted by molar-refractivity contribution is 7.92. The van der Waals surface area contributed by atoms with E-state index < -0.39 is 10.0 Å². The van der Waals surface area contributed by atoms with Gasteiger partial charge in [0.25, 0.3) is 10.0 Å². The van der Waals surface area contributed by atoms with Crippen molar-refractivity contribution in [3.63, 3.8) is 0 Å². The first-order chi connectivity index (χ1) is 13.8. The number of likely N-dealkylation sites (tertiary alicyclic amines) is 1. The Labute approximate surface area is 181 Å². The number of sulfonamides is 1. The van der Waals surface area contributed by atoms with Crippen molar-refractivity contribution in [3.05, 3.63) is 52.5 Å². The van der Waals surface area contributed by atoms with E-state index in [0.717, 1.165) is 23.6 Å². The molecule has 1 fully saturated rings. The van der Waals surface area contributed by atoms with Crippen LogP contribution in [0.15, 0.2) is 47.4 Å². The molecule has 6 nitrogen and oxygen atoms in total. The summed E-state index contributed by atoms with van der Waals surface area (Å²) in [7, 11) is -2.64. The van der Waals surface area contributed by atoms with Crippen molar-refractivity contribution in [2.24, 2.45) is 0 Å². The van der Waals surface area contributed by atoms with Gasteiger partial charge < -0.3 is 9.64 Å². The van der Waals surface area contributed by atoms with E-state index in [1.165, 1.54) is 25.3 Å². The molecule has 0 N–H and O–H groups in total. The van der Waals surface area contributed by atoms with E-state index in [4.69, 9.17) is 27.9 Å². The summed E-state index contributed by atoms with van der Waals surface area (Å²) in [5.74, 6) is 0.0989. The molecule has 3 rings (SSSR count). The van der Waals surface area contributed by atoms with E-state index in [-0.39, 0.29) is 33.1 Å². The third-order valence-electron chi connectivity index (χ3n) is 4.82. The van der Waals surface area contributed by atoms with Crippen LogP contribution in [0, 0.1) is 0 Å². The molecule has 1 amide bonds. The number of anilines is 1. The van der Waals surface area contributed by atoms with E-state index in [1.807, 2.05) is 0 Å². The van der Waals surface area contributed by atoms with Crippen molar-refractivity contribution in [3.8, 4) is 5.75 Å². The number of hydrogen-bond acceptors (Lipinski definition) is 4. The van der Waals surface area contributed by atoms with Crippen molar-refractivity contribution >= 4 is 44.8 Å². The maximum absolute atomic E-state index is 13.5. The van der Waals surface area contributed by atoms with Gasteiger partial charge in [-0.2, -0.15) is 0 Å². The van der Waals surface area contributed by atoms with Crippen LogP contribution in [-0.2, 0) is 14.8 Å². The number of methoxy groups -OCH3 is 1. The van der Waals surface area contributed by atoms with Gasteiger partial charge in [0.05, 0.1) is 27.7 Å². The smallest absolute Gasteiger partial charge is 0.264 e. The number of hydrogen-bond donors (Lipinski definition) is 0. The Morgan fingerprint density at radius 3 is 2.41 bits per heavy atom. The third-order valence-corrected chi connectivity index (χ3v) is 7.32. The van der Waals surface area contributed by atoms with Crippen molar-refractivity contribution in [2.45, 2.75) is 24.2 Å². The molecular formula is C20H22Cl2N2O4S. The first-order valence-corrected chi connectivity index (χ1v) is 11.4. The number of piperidine rings is 1. The van der Waals surface area contributed by atoms with Gasteiger partial charge in [-0.3, -0.25) is 9.10 Å². The molecular weight excluding hydrogens is 435 g/mol. The van der Waals surface area contributed by atoms with Crippen LogP contribution >= 0.6 is 23.2 Å². The number of amides is 1. The Hall–Kier alpha value is -1.96. The zero-order valence-electron chi connectivity index (χ0n) is 16.0. The van der Waals surface area contributed by atoms with Gasteiger partial charge in [0, 0.05) is 13.1 Å². The van der Waals surface area contributed by atoms with Crippen LogP contribution in [0.25, 0.3) is 0 Å². The fourth-order valence-electron chi connectivity index (χ4n) is 3.27. The van der Waals surface area contributed by atoms with Gasteiger partial charge in [0.1, 0.15) is 12.3 Å². The summed E-state index contributed by atoms with van der Waals surface area (Å²) in [6.45, 7) is 0.930. The van der Waals surface area contributed by atoms with Gasteiger partial charge in [-0.05, 0) is 49.6 Å². The van der Waals surface area contributed by atoms with E-state index in [9.17, 15) is 13.2 Å². The fourth-order valence-corrected chi connectivity index (χ4v) is 5.08. The second kappa shape index (κ2) is 9.24. The number of para-hydroxylation sites is 2. The number of benzene rings is 2. The molecule has 2 aromatic rings. The molecule has 0 unspecified atom stereocenters. The Balaban J connectivity index is 2.04. The summed E-state index contributed by atoms with van der Waals surface area (Å²) in [5.41, 5.74) is 0.284. The van der Waals surface area contributed by atoms with Gasteiger partial charge in [-0.1, -0.05) is 35.3 Å². The van der Waals surface area contributed by atoms with E-state index in [1.54, 1.807) is 29.2 Å². The van der Waals surface area contributed by atoms with Crippen molar-refractivity contribution in [1.29, 1.82) is 0 Å². The third kappa shape index (κ3) is 4.79. The summed E-state index contributed by atoms with van der Waals surface area (Å²) >= 11 is 12.0. The average molecular weight is 457 g/mol. The van der Waals surface area contributed by atoms with Crippen LogP contribution in [0.4, 0.5) is 5.69 Å². The standard InChI is InChI=1S/C20H22Cl2N2O4S/c1-28-19-8-4-3-7-18(19)24(14-20(25)23-11-5-2-6-12-23)29(26,27)15-9-10-16(21)17(22)13-15/h3-4,7-10,13H,2,5-6,11-12,14H2,1H3. The molecule has 0 bridgehead atoms. The lowest BCUT2D eigenvalue weighted by molar-refractivity contribution is -0.130. The SMILES string of the molecule is COc1ccccc1N(CC(=O)N1CCCCC1)S(=O)(=O)c1ccc(Cl)c(Cl)c1. The van der Waals surface area contributed by atoms with Crippen LogP contribution in [0.2, 0.25) is 10.0 Å². The van der Waals surface area contributed by atoms with E-state index >= 15 is 0 Å². The second-order valence-corrected chi connectivity index (χ2v) is 9.38. The first kappa shape index (κ1) is 21.7. The minimum atomic E-state index is -4.10. The molecule has 0 spiro atoms. The largest absolute Gasteiger partial charge is 0.495 e. The van der Waals surface area contributed by atoms with Gasteiger partial charge in [-0.25, -0.2) is 8.42 Å². The number of ether oxygens (including phenoxy) is 1. The van der Waals surface area contributed by atoms with Crippen LogP contribution in [0.1, 0.15) is 19.3 Å². The molecule has 9 heteroatoms. The number of rotatable bonds is 6. The summed E-state index contributed by atoms with van der Waals surface area (Å²) in [5, 5.41) is 0.369. The lowest BCUT2D eigenvalue weighted by Crippen LogP contribution is -2.45. The molecule has 0 atom stereocenters. The summed E-state index contributed by atoms with van der Waals surface area (Å²) < 4.78 is 33.4. The van der Waals surface area contributed by atoms with Gasteiger partial charge >= 0.3 is 0 Å². The Morgan fingerprint density at radius 2 is 1.76 bits per heavy atom. The van der Waals surface area contributed by atoms with E-state index in [0.29, 0.717) is 18.8 Å². The highest BCUT2D eigenvalue weighted by atomic mass is 35.5. The lowest BCUT2D eigenvalue weighted by Gasteiger charge is -2.31. The van der Waals surface area contributed by atoms with Gasteiger partial charge in [0.2, 0.25) is 5.91 Å². The second-order valence-electron chi connectivity index (χ2n) is 6.70. The Kier molecular flexibility index (Phi) is 6.93. The maximum Gasteiger partial charge on any atom is 0.264 e. The maximum atomic E-state index is 13.5. The van der Waals surface area contributed by atoms with Gasteiger partial charge in [-0.15, -0.1) is 0 Å². The van der Waals surface area contributed by atoms with Crippen LogP contribution in [0.5, 0.6) is 5.75 Å². The number of nitrogens with zero attached hydrogens (tertiary/aromatic N) is 2. The molecule has 0 aromatic heterocycles. The molecule has 1 saturated heterocycles. The predicted molar refractivity (Wildman–Crippen MR) is 114 cm³/mol. The Morgan fingerprint density at radius 1 is 1.07 bits per heavy atom. The average Bonchev–Trinajstić information content (AvgIpc) is 2.74. The normalized spacial score (nSPS) is 14.5. The Bertz CT molecular complexity index is 992. The van der Waals surface area contributed by atoms with Crippen LogP contribution in [0.3, 0.4) is 0 Å². The van der Waals surface area contributed by atoms with E-state index in [2.05, 4.69) is 0 Å². The predicted octanol–water partition coefficient (Wildman–Crippen LogP) is 4.21. The number of carbonyl (C=O) groups is 1. The quantitative estimate of drug-likeness (QED) is 0.652. The van der Waals surface area contributed by atoms with Crippen LogP contribution < -0.4 is 9.04 Å². The minimum absolute atomic E-state index is 0.0516. The molecule has 0 saturated carbocycles. The molecule has 0 radical (unpaired) electrons. The molecule has 1 aliphatic rings. The molecule has 156 valence electrons. The molecule has 1 heterocycles. The highest BCUT2D eigenvalue weighted by Gasteiger charge is 2.31. The summed E-state index contributed by atoms with van der Waals surface area (Å²) in [4.78, 5) is 14.6. The lowest BCUT2D eigenvalue weighted by atomic mass is 10.1. The zero-order valence-corrected chi connectivity index (χ0v) is 18.3. The number of halogens is 2. The molecule has 1 aliphatic heterocycles. The van der Waals surface area contributed by atoms with Crippen molar-refractivity contribution < 1.29 is 17.9 Å². The van der Waals surface area contributed by atoms with Gasteiger partial charge in [0.15, 0.2) is 0 Å². The molecule has 2 aromatic carbocycles. The topological polar surface area (TPSA) is 66.9 Å². The monoisotopic (exact) mass is 456 g/mol. The molecule has 29 heavy (non-hydrogen) atoms. The number of carbonyl (C=O) groups excluding carboxylic acids is 1.